The number of cyclic esters (lactones) is 1. The number of thiocarbonyl (C=S) groups is 1. The lowest BCUT2D eigenvalue weighted by molar-refractivity contribution is 0.143. The molecule has 1 fully saturated rings. The molecule has 10 heteroatoms. The van der Waals surface area contributed by atoms with Gasteiger partial charge >= 0.3 is 6.09 Å². The van der Waals surface area contributed by atoms with Gasteiger partial charge in [-0.1, -0.05) is 24.3 Å². The third-order valence-electron chi connectivity index (χ3n) is 3.79. The van der Waals surface area contributed by atoms with Gasteiger partial charge in [-0.25, -0.2) is 13.6 Å². The lowest BCUT2D eigenvalue weighted by atomic mass is 10.1. The van der Waals surface area contributed by atoms with Gasteiger partial charge in [-0.05, 0) is 19.1 Å². The Morgan fingerprint density at radius 3 is 2.69 bits per heavy atom. The van der Waals surface area contributed by atoms with E-state index in [1.807, 2.05) is 0 Å². The third-order valence-corrected chi connectivity index (χ3v) is 3.93. The highest BCUT2D eigenvalue weighted by molar-refractivity contribution is 7.80. The minimum absolute atomic E-state index is 0.0468. The highest BCUT2D eigenvalue weighted by Crippen LogP contribution is 2.31. The number of carbonyl (C=O) groups is 1. The first-order valence-electron chi connectivity index (χ1n) is 7.93. The molecule has 1 aromatic carbocycles. The number of halogens is 2. The molecule has 1 aromatic heterocycles. The fourth-order valence-corrected chi connectivity index (χ4v) is 2.60. The quantitative estimate of drug-likeness (QED) is 0.797. The largest absolute Gasteiger partial charge is 0.442 e. The van der Waals surface area contributed by atoms with Crippen LogP contribution in [0.1, 0.15) is 19.7 Å². The lowest BCUT2D eigenvalue weighted by Gasteiger charge is -2.14. The van der Waals surface area contributed by atoms with E-state index in [4.69, 9.17) is 21.5 Å². The summed E-state index contributed by atoms with van der Waals surface area (Å²) >= 11 is 4.90. The van der Waals surface area contributed by atoms with Gasteiger partial charge in [0.15, 0.2) is 5.82 Å². The highest BCUT2D eigenvalue weighted by atomic mass is 32.1. The fraction of sp³-hybridized carbons (Fsp3) is 0.375. The zero-order chi connectivity index (χ0) is 18.8. The lowest BCUT2D eigenvalue weighted by Crippen LogP contribution is -2.32. The molecule has 138 valence electrons. The van der Waals surface area contributed by atoms with E-state index in [0.717, 1.165) is 17.0 Å². The van der Waals surface area contributed by atoms with Gasteiger partial charge in [0.1, 0.15) is 23.3 Å². The summed E-state index contributed by atoms with van der Waals surface area (Å²) in [6.07, 6.45) is -0.688. The number of benzene rings is 1. The van der Waals surface area contributed by atoms with Gasteiger partial charge in [0.25, 0.3) is 5.89 Å². The van der Waals surface area contributed by atoms with Gasteiger partial charge in [-0.2, -0.15) is 4.98 Å². The van der Waals surface area contributed by atoms with Gasteiger partial charge in [-0.3, -0.25) is 4.90 Å². The van der Waals surface area contributed by atoms with E-state index in [0.29, 0.717) is 23.8 Å². The van der Waals surface area contributed by atoms with Crippen LogP contribution in [0.5, 0.6) is 0 Å². The van der Waals surface area contributed by atoms with Crippen molar-refractivity contribution in [1.29, 1.82) is 0 Å². The van der Waals surface area contributed by atoms with Crippen LogP contribution in [0.15, 0.2) is 16.7 Å². The van der Waals surface area contributed by atoms with Crippen molar-refractivity contribution in [3.63, 3.8) is 0 Å². The van der Waals surface area contributed by atoms with E-state index in [9.17, 15) is 13.6 Å². The van der Waals surface area contributed by atoms with Crippen LogP contribution in [0.25, 0.3) is 11.5 Å². The summed E-state index contributed by atoms with van der Waals surface area (Å²) in [5, 5.41) is 6.52. The SMILES string of the molecule is CCc1noc(-c2c(F)cc(N3CC(CNC(C)=S)OC3=O)cc2F)n1. The Morgan fingerprint density at radius 2 is 2.12 bits per heavy atom. The van der Waals surface area contributed by atoms with E-state index in [2.05, 4.69) is 15.5 Å². The van der Waals surface area contributed by atoms with Gasteiger partial charge in [-0.15, -0.1) is 0 Å². The Morgan fingerprint density at radius 1 is 1.42 bits per heavy atom. The number of ether oxygens (including phenoxy) is 1. The van der Waals surface area contributed by atoms with Crippen LogP contribution in [-0.2, 0) is 11.2 Å². The molecule has 0 saturated carbocycles. The first kappa shape index (κ1) is 18.2. The summed E-state index contributed by atoms with van der Waals surface area (Å²) in [7, 11) is 0. The van der Waals surface area contributed by atoms with E-state index < -0.39 is 29.4 Å². The number of aromatic nitrogens is 2. The second-order valence-electron chi connectivity index (χ2n) is 5.71. The Labute approximate surface area is 153 Å². The third kappa shape index (κ3) is 3.64. The maximum absolute atomic E-state index is 14.5. The van der Waals surface area contributed by atoms with Crippen molar-refractivity contribution in [2.45, 2.75) is 26.4 Å². The fourth-order valence-electron chi connectivity index (χ4n) is 2.52. The molecule has 0 radical (unpaired) electrons. The molecule has 1 unspecified atom stereocenters. The van der Waals surface area contributed by atoms with Crippen molar-refractivity contribution in [1.82, 2.24) is 15.5 Å². The molecular weight excluding hydrogens is 366 g/mol. The smallest absolute Gasteiger partial charge is 0.414 e. The topological polar surface area (TPSA) is 80.5 Å². The summed E-state index contributed by atoms with van der Waals surface area (Å²) < 4.78 is 39.0. The molecule has 3 rings (SSSR count). The van der Waals surface area contributed by atoms with Crippen molar-refractivity contribution in [2.75, 3.05) is 18.0 Å². The predicted octanol–water partition coefficient (Wildman–Crippen LogP) is 2.84. The molecule has 7 nitrogen and oxygen atoms in total. The standard InChI is InChI=1S/C16H16F2N4O3S/c1-3-13-20-15(25-21-13)14-11(17)4-9(5-12(14)18)22-7-10(24-16(22)23)6-19-8(2)26/h4-5,10H,3,6-7H2,1-2H3,(H,19,26). The molecule has 1 aliphatic rings. The summed E-state index contributed by atoms with van der Waals surface area (Å²) in [5.41, 5.74) is -0.381. The minimum atomic E-state index is -0.907. The molecule has 0 bridgehead atoms. The average Bonchev–Trinajstić information content (AvgIpc) is 3.19. The molecule has 1 N–H and O–H groups in total. The molecule has 2 aromatic rings. The van der Waals surface area contributed by atoms with Crippen LogP contribution in [0.4, 0.5) is 19.3 Å². The van der Waals surface area contributed by atoms with Crippen LogP contribution >= 0.6 is 12.2 Å². The maximum atomic E-state index is 14.5. The molecule has 0 aliphatic carbocycles. The monoisotopic (exact) mass is 382 g/mol. The predicted molar refractivity (Wildman–Crippen MR) is 92.9 cm³/mol. The van der Waals surface area contributed by atoms with Crippen LogP contribution in [0.2, 0.25) is 0 Å². The number of amides is 1. The molecule has 26 heavy (non-hydrogen) atoms. The highest BCUT2D eigenvalue weighted by Gasteiger charge is 2.33. The Hall–Kier alpha value is -2.62. The molecule has 1 saturated heterocycles. The van der Waals surface area contributed by atoms with Gasteiger partial charge in [0.2, 0.25) is 0 Å². The number of hydrogen-bond acceptors (Lipinski definition) is 6. The molecule has 2 heterocycles. The minimum Gasteiger partial charge on any atom is -0.442 e. The zero-order valence-electron chi connectivity index (χ0n) is 14.1. The van der Waals surface area contributed by atoms with E-state index in [1.165, 1.54) is 0 Å². The number of rotatable bonds is 5. The van der Waals surface area contributed by atoms with Crippen LogP contribution in [0.3, 0.4) is 0 Å². The Bertz CT molecular complexity index is 835. The van der Waals surface area contributed by atoms with Crippen molar-refractivity contribution in [2.24, 2.45) is 0 Å². The summed E-state index contributed by atoms with van der Waals surface area (Å²) in [4.78, 5) is 17.7. The van der Waals surface area contributed by atoms with Crippen molar-refractivity contribution < 1.29 is 22.8 Å². The van der Waals surface area contributed by atoms with Gasteiger partial charge in [0, 0.05) is 6.42 Å². The van der Waals surface area contributed by atoms with Crippen molar-refractivity contribution >= 4 is 29.0 Å². The van der Waals surface area contributed by atoms with E-state index in [1.54, 1.807) is 13.8 Å². The van der Waals surface area contributed by atoms with E-state index in [-0.39, 0.29) is 18.1 Å². The number of aryl methyl sites for hydroxylation is 1. The number of anilines is 1. The number of carbonyl (C=O) groups excluding carboxylic acids is 1. The van der Waals surface area contributed by atoms with E-state index >= 15 is 0 Å². The molecular formula is C16H16F2N4O3S. The van der Waals surface area contributed by atoms with Gasteiger partial charge < -0.3 is 14.6 Å². The molecule has 1 atom stereocenters. The van der Waals surface area contributed by atoms with Crippen molar-refractivity contribution in [3.8, 4) is 11.5 Å². The van der Waals surface area contributed by atoms with Crippen LogP contribution in [0, 0.1) is 11.6 Å². The first-order valence-corrected chi connectivity index (χ1v) is 8.34. The average molecular weight is 382 g/mol. The Kier molecular flexibility index (Phi) is 5.12. The maximum Gasteiger partial charge on any atom is 0.414 e. The number of nitrogens with one attached hydrogen (secondary N) is 1. The normalized spacial score (nSPS) is 16.7. The summed E-state index contributed by atoms with van der Waals surface area (Å²) in [6.45, 7) is 3.96. The molecule has 1 aliphatic heterocycles. The number of hydrogen-bond donors (Lipinski definition) is 1. The first-order chi connectivity index (χ1) is 12.4. The summed E-state index contributed by atoms with van der Waals surface area (Å²) in [6, 6.07) is 2.07. The van der Waals surface area contributed by atoms with Gasteiger partial charge in [0.05, 0.1) is 23.8 Å². The molecule has 0 spiro atoms. The molecule has 1 amide bonds. The zero-order valence-corrected chi connectivity index (χ0v) is 14.9. The second-order valence-corrected chi connectivity index (χ2v) is 6.32. The number of nitrogens with zero attached hydrogens (tertiary/aromatic N) is 3. The second kappa shape index (κ2) is 7.32. The van der Waals surface area contributed by atoms with Crippen molar-refractivity contribution in [3.05, 3.63) is 29.6 Å². The summed E-state index contributed by atoms with van der Waals surface area (Å²) in [5.74, 6) is -1.72. The van der Waals surface area contributed by atoms with Crippen LogP contribution < -0.4 is 10.2 Å². The Balaban J connectivity index is 1.83. The van der Waals surface area contributed by atoms with Crippen LogP contribution in [-0.4, -0.2) is 40.4 Å².